The lowest BCUT2D eigenvalue weighted by Crippen LogP contribution is -2.37. The second kappa shape index (κ2) is 7.32. The van der Waals surface area contributed by atoms with Gasteiger partial charge >= 0.3 is 12.1 Å². The number of carbonyl (C=O) groups is 4. The Morgan fingerprint density at radius 3 is 2.16 bits per heavy atom. The number of amides is 3. The van der Waals surface area contributed by atoms with E-state index in [9.17, 15) is 32.3 Å². The van der Waals surface area contributed by atoms with E-state index in [4.69, 9.17) is 0 Å². The maximum absolute atomic E-state index is 12.0. The average molecular weight is 358 g/mol. The standard InChI is InChI=1S/C15H13F3N2O5/c16-15(17,18)8-19-11(21)7-25-12(22)5-6-20-13(23)9-3-1-2-4-10(9)14(20)24/h1-4H,5-8H2,(H,19,21). The predicted octanol–water partition coefficient (Wildman–Crippen LogP) is 0.894. The summed E-state index contributed by atoms with van der Waals surface area (Å²) >= 11 is 0. The van der Waals surface area contributed by atoms with E-state index < -0.39 is 43.0 Å². The third-order valence-corrected chi connectivity index (χ3v) is 3.27. The summed E-state index contributed by atoms with van der Waals surface area (Å²) in [4.78, 5) is 47.6. The van der Waals surface area contributed by atoms with E-state index in [0.717, 1.165) is 4.90 Å². The van der Waals surface area contributed by atoms with Crippen LogP contribution in [0.5, 0.6) is 0 Å². The summed E-state index contributed by atoms with van der Waals surface area (Å²) in [7, 11) is 0. The number of carbonyl (C=O) groups excluding carboxylic acids is 4. The van der Waals surface area contributed by atoms with Gasteiger partial charge in [0.05, 0.1) is 17.5 Å². The first-order chi connectivity index (χ1) is 11.7. The number of esters is 1. The lowest BCUT2D eigenvalue weighted by Gasteiger charge is -2.13. The van der Waals surface area contributed by atoms with E-state index in [1.165, 1.54) is 12.1 Å². The average Bonchev–Trinajstić information content (AvgIpc) is 2.80. The Morgan fingerprint density at radius 2 is 1.64 bits per heavy atom. The Balaban J connectivity index is 1.77. The van der Waals surface area contributed by atoms with E-state index >= 15 is 0 Å². The van der Waals surface area contributed by atoms with E-state index in [1.807, 2.05) is 0 Å². The molecule has 0 saturated heterocycles. The lowest BCUT2D eigenvalue weighted by atomic mass is 10.1. The monoisotopic (exact) mass is 358 g/mol. The molecule has 0 atom stereocenters. The Hall–Kier alpha value is -2.91. The summed E-state index contributed by atoms with van der Waals surface area (Å²) in [5.74, 6) is -3.11. The molecular formula is C15H13F3N2O5. The van der Waals surface area contributed by atoms with Crippen molar-refractivity contribution >= 4 is 23.7 Å². The van der Waals surface area contributed by atoms with Crippen molar-refractivity contribution < 1.29 is 37.1 Å². The van der Waals surface area contributed by atoms with Crippen LogP contribution in [0, 0.1) is 0 Å². The fourth-order valence-electron chi connectivity index (χ4n) is 2.11. The van der Waals surface area contributed by atoms with Crippen molar-refractivity contribution in [1.82, 2.24) is 10.2 Å². The van der Waals surface area contributed by atoms with E-state index in [1.54, 1.807) is 17.4 Å². The molecule has 7 nitrogen and oxygen atoms in total. The topological polar surface area (TPSA) is 92.8 Å². The highest BCUT2D eigenvalue weighted by Crippen LogP contribution is 2.22. The molecule has 0 fully saturated rings. The SMILES string of the molecule is O=C(COC(=O)CCN1C(=O)c2ccccc2C1=O)NCC(F)(F)F. The van der Waals surface area contributed by atoms with Crippen LogP contribution in [0.3, 0.4) is 0 Å². The zero-order valence-electron chi connectivity index (χ0n) is 12.8. The maximum Gasteiger partial charge on any atom is 0.405 e. The molecule has 1 heterocycles. The number of fused-ring (bicyclic) bond motifs is 1. The van der Waals surface area contributed by atoms with Crippen LogP contribution in [-0.4, -0.2) is 54.5 Å². The van der Waals surface area contributed by atoms with E-state index in [-0.39, 0.29) is 24.1 Å². The summed E-state index contributed by atoms with van der Waals surface area (Å²) in [6.45, 7) is -2.66. The van der Waals surface area contributed by atoms with Crippen molar-refractivity contribution in [2.75, 3.05) is 19.7 Å². The van der Waals surface area contributed by atoms with Crippen LogP contribution in [-0.2, 0) is 14.3 Å². The van der Waals surface area contributed by atoms with Crippen molar-refractivity contribution in [2.45, 2.75) is 12.6 Å². The summed E-state index contributed by atoms with van der Waals surface area (Å²) in [5.41, 5.74) is 0.458. The molecule has 0 aromatic heterocycles. The lowest BCUT2D eigenvalue weighted by molar-refractivity contribution is -0.151. The van der Waals surface area contributed by atoms with Gasteiger partial charge in [-0.05, 0) is 12.1 Å². The van der Waals surface area contributed by atoms with Crippen molar-refractivity contribution in [3.63, 3.8) is 0 Å². The van der Waals surface area contributed by atoms with Gasteiger partial charge in [0.25, 0.3) is 17.7 Å². The molecule has 0 unspecified atom stereocenters. The molecule has 0 bridgehead atoms. The molecule has 10 heteroatoms. The number of benzene rings is 1. The molecule has 2 rings (SSSR count). The first-order valence-corrected chi connectivity index (χ1v) is 7.13. The molecule has 134 valence electrons. The van der Waals surface area contributed by atoms with Gasteiger partial charge in [0.2, 0.25) is 0 Å². The van der Waals surface area contributed by atoms with Crippen molar-refractivity contribution in [2.24, 2.45) is 0 Å². The van der Waals surface area contributed by atoms with Crippen molar-refractivity contribution in [3.05, 3.63) is 35.4 Å². The highest BCUT2D eigenvalue weighted by Gasteiger charge is 2.35. The quantitative estimate of drug-likeness (QED) is 0.602. The molecule has 25 heavy (non-hydrogen) atoms. The number of hydrogen-bond donors (Lipinski definition) is 1. The number of nitrogens with zero attached hydrogens (tertiary/aromatic N) is 1. The van der Waals surface area contributed by atoms with Crippen LogP contribution >= 0.6 is 0 Å². The summed E-state index contributed by atoms with van der Waals surface area (Å²) < 4.78 is 40.2. The molecule has 1 aromatic rings. The molecule has 3 amide bonds. The number of rotatable bonds is 6. The smallest absolute Gasteiger partial charge is 0.405 e. The first kappa shape index (κ1) is 18.4. The highest BCUT2D eigenvalue weighted by atomic mass is 19.4. The molecule has 0 saturated carbocycles. The number of halogens is 3. The van der Waals surface area contributed by atoms with Crippen LogP contribution in [0.2, 0.25) is 0 Å². The molecular weight excluding hydrogens is 345 g/mol. The zero-order valence-corrected chi connectivity index (χ0v) is 12.8. The highest BCUT2D eigenvalue weighted by molar-refractivity contribution is 6.21. The molecule has 1 N–H and O–H groups in total. The third-order valence-electron chi connectivity index (χ3n) is 3.27. The first-order valence-electron chi connectivity index (χ1n) is 7.13. The number of imide groups is 1. The largest absolute Gasteiger partial charge is 0.456 e. The van der Waals surface area contributed by atoms with Gasteiger partial charge in [0, 0.05) is 6.54 Å². The van der Waals surface area contributed by atoms with Gasteiger partial charge in [0.15, 0.2) is 6.61 Å². The van der Waals surface area contributed by atoms with Gasteiger partial charge in [-0.15, -0.1) is 0 Å². The summed E-state index contributed by atoms with van der Waals surface area (Å²) in [6.07, 6.45) is -4.94. The number of ether oxygens (including phenoxy) is 1. The minimum Gasteiger partial charge on any atom is -0.456 e. The van der Waals surface area contributed by atoms with E-state index in [0.29, 0.717) is 0 Å². The van der Waals surface area contributed by atoms with Gasteiger partial charge in [-0.3, -0.25) is 24.1 Å². The molecule has 0 spiro atoms. The van der Waals surface area contributed by atoms with Crippen LogP contribution in [0.25, 0.3) is 0 Å². The normalized spacial score (nSPS) is 13.6. The Labute approximate surface area is 139 Å². The predicted molar refractivity (Wildman–Crippen MR) is 76.4 cm³/mol. The molecule has 1 aliphatic rings. The van der Waals surface area contributed by atoms with Gasteiger partial charge < -0.3 is 10.1 Å². The van der Waals surface area contributed by atoms with Gasteiger partial charge in [-0.1, -0.05) is 12.1 Å². The Kier molecular flexibility index (Phi) is 5.40. The Bertz CT molecular complexity index is 682. The van der Waals surface area contributed by atoms with Crippen LogP contribution in [0.15, 0.2) is 24.3 Å². The van der Waals surface area contributed by atoms with Crippen molar-refractivity contribution in [3.8, 4) is 0 Å². The molecule has 0 radical (unpaired) electrons. The molecule has 1 aromatic carbocycles. The number of hydrogen-bond acceptors (Lipinski definition) is 5. The van der Waals surface area contributed by atoms with Crippen LogP contribution in [0.1, 0.15) is 27.1 Å². The minimum atomic E-state index is -4.56. The van der Waals surface area contributed by atoms with Crippen LogP contribution < -0.4 is 5.32 Å². The van der Waals surface area contributed by atoms with Crippen molar-refractivity contribution in [1.29, 1.82) is 0 Å². The number of alkyl halides is 3. The fraction of sp³-hybridized carbons (Fsp3) is 0.333. The van der Waals surface area contributed by atoms with Crippen LogP contribution in [0.4, 0.5) is 13.2 Å². The van der Waals surface area contributed by atoms with Gasteiger partial charge in [-0.25, -0.2) is 0 Å². The fourth-order valence-corrected chi connectivity index (χ4v) is 2.11. The summed E-state index contributed by atoms with van der Waals surface area (Å²) in [5, 5.41) is 1.54. The summed E-state index contributed by atoms with van der Waals surface area (Å²) in [6, 6.07) is 6.17. The van der Waals surface area contributed by atoms with Gasteiger partial charge in [-0.2, -0.15) is 13.2 Å². The third kappa shape index (κ3) is 4.78. The second-order valence-electron chi connectivity index (χ2n) is 5.11. The Morgan fingerprint density at radius 1 is 1.08 bits per heavy atom. The molecule has 0 aliphatic carbocycles. The minimum absolute atomic E-state index is 0.229. The zero-order chi connectivity index (χ0) is 18.6. The van der Waals surface area contributed by atoms with Gasteiger partial charge in [0.1, 0.15) is 6.54 Å². The van der Waals surface area contributed by atoms with E-state index in [2.05, 4.69) is 4.74 Å². The second-order valence-corrected chi connectivity index (χ2v) is 5.11. The molecule has 1 aliphatic heterocycles. The maximum atomic E-state index is 12.0. The number of nitrogens with one attached hydrogen (secondary N) is 1.